The number of hydrogen-bond acceptors (Lipinski definition) is 3. The van der Waals surface area contributed by atoms with E-state index in [0.29, 0.717) is 0 Å². The molecule has 16 heavy (non-hydrogen) atoms. The van der Waals surface area contributed by atoms with Crippen molar-refractivity contribution in [1.82, 2.24) is 0 Å². The van der Waals surface area contributed by atoms with Crippen molar-refractivity contribution in [1.29, 1.82) is 0 Å². The van der Waals surface area contributed by atoms with E-state index in [9.17, 15) is 5.11 Å². The number of aliphatic hydroxyl groups excluding tert-OH is 1. The third-order valence-corrected chi connectivity index (χ3v) is 2.74. The van der Waals surface area contributed by atoms with E-state index in [-0.39, 0.29) is 6.10 Å². The van der Waals surface area contributed by atoms with E-state index in [1.54, 1.807) is 7.11 Å². The first-order valence-corrected chi connectivity index (χ1v) is 5.67. The van der Waals surface area contributed by atoms with Gasteiger partial charge in [-0.15, -0.1) is 0 Å². The Balaban J connectivity index is 2.63. The van der Waals surface area contributed by atoms with Crippen LogP contribution in [0, 0.1) is 0 Å². The minimum atomic E-state index is -0.349. The molecule has 0 bridgehead atoms. The highest BCUT2D eigenvalue weighted by Crippen LogP contribution is 2.20. The minimum Gasteiger partial charge on any atom is -0.388 e. The SMILES string of the molecule is CC[C@@H](O)c1ccc(N(C)CCOC)cc1. The van der Waals surface area contributed by atoms with Gasteiger partial charge in [-0.2, -0.15) is 0 Å². The largest absolute Gasteiger partial charge is 0.388 e. The maximum atomic E-state index is 9.67. The Morgan fingerprint density at radius 1 is 1.31 bits per heavy atom. The summed E-state index contributed by atoms with van der Waals surface area (Å²) in [5.41, 5.74) is 2.12. The first-order chi connectivity index (χ1) is 7.69. The van der Waals surface area contributed by atoms with Crippen LogP contribution in [0.4, 0.5) is 5.69 Å². The fourth-order valence-electron chi connectivity index (χ4n) is 1.54. The lowest BCUT2D eigenvalue weighted by Crippen LogP contribution is -2.21. The fraction of sp³-hybridized carbons (Fsp3) is 0.538. The van der Waals surface area contributed by atoms with Crippen molar-refractivity contribution in [2.24, 2.45) is 0 Å². The van der Waals surface area contributed by atoms with Gasteiger partial charge in [0.1, 0.15) is 0 Å². The fourth-order valence-corrected chi connectivity index (χ4v) is 1.54. The molecule has 1 N–H and O–H groups in total. The Kier molecular flexibility index (Phi) is 5.29. The lowest BCUT2D eigenvalue weighted by molar-refractivity contribution is 0.173. The van der Waals surface area contributed by atoms with Gasteiger partial charge in [0.2, 0.25) is 0 Å². The predicted octanol–water partition coefficient (Wildman–Crippen LogP) is 2.21. The Morgan fingerprint density at radius 3 is 2.44 bits per heavy atom. The van der Waals surface area contributed by atoms with Gasteiger partial charge in [0.25, 0.3) is 0 Å². The smallest absolute Gasteiger partial charge is 0.0787 e. The molecular formula is C13H21NO2. The summed E-state index contributed by atoms with van der Waals surface area (Å²) >= 11 is 0. The molecular weight excluding hydrogens is 202 g/mol. The van der Waals surface area contributed by atoms with E-state index in [1.165, 1.54) is 0 Å². The summed E-state index contributed by atoms with van der Waals surface area (Å²) in [6, 6.07) is 8.02. The molecule has 0 fully saturated rings. The normalized spacial score (nSPS) is 12.5. The molecule has 3 heteroatoms. The predicted molar refractivity (Wildman–Crippen MR) is 66.8 cm³/mol. The zero-order valence-electron chi connectivity index (χ0n) is 10.3. The van der Waals surface area contributed by atoms with Crippen molar-refractivity contribution in [3.8, 4) is 0 Å². The second-order valence-corrected chi connectivity index (χ2v) is 3.93. The number of benzene rings is 1. The molecule has 0 heterocycles. The van der Waals surface area contributed by atoms with E-state index >= 15 is 0 Å². The molecule has 0 saturated heterocycles. The molecule has 0 radical (unpaired) electrons. The van der Waals surface area contributed by atoms with Crippen LogP contribution in [0.2, 0.25) is 0 Å². The lowest BCUT2D eigenvalue weighted by atomic mass is 10.1. The summed E-state index contributed by atoms with van der Waals surface area (Å²) in [4.78, 5) is 2.13. The van der Waals surface area contributed by atoms with Gasteiger partial charge in [-0.1, -0.05) is 19.1 Å². The average molecular weight is 223 g/mol. The van der Waals surface area contributed by atoms with Gasteiger partial charge in [-0.3, -0.25) is 0 Å². The molecule has 0 amide bonds. The number of ether oxygens (including phenoxy) is 1. The van der Waals surface area contributed by atoms with Crippen molar-refractivity contribution in [2.45, 2.75) is 19.4 Å². The van der Waals surface area contributed by atoms with Crippen LogP contribution in [0.25, 0.3) is 0 Å². The van der Waals surface area contributed by atoms with Gasteiger partial charge >= 0.3 is 0 Å². The molecule has 0 aliphatic rings. The Labute approximate surface area is 97.7 Å². The quantitative estimate of drug-likeness (QED) is 0.802. The second-order valence-electron chi connectivity index (χ2n) is 3.93. The standard InChI is InChI=1S/C13H21NO2/c1-4-13(15)11-5-7-12(8-6-11)14(2)9-10-16-3/h5-8,13,15H,4,9-10H2,1-3H3/t13-/m1/s1. The Hall–Kier alpha value is -1.06. The van der Waals surface area contributed by atoms with Crippen molar-refractivity contribution in [2.75, 3.05) is 32.2 Å². The highest BCUT2D eigenvalue weighted by molar-refractivity contribution is 5.47. The van der Waals surface area contributed by atoms with Gasteiger partial charge in [-0.25, -0.2) is 0 Å². The molecule has 90 valence electrons. The third-order valence-electron chi connectivity index (χ3n) is 2.74. The highest BCUT2D eigenvalue weighted by Gasteiger charge is 2.05. The molecule has 0 aliphatic heterocycles. The van der Waals surface area contributed by atoms with E-state index < -0.39 is 0 Å². The van der Waals surface area contributed by atoms with Gasteiger partial charge in [-0.05, 0) is 24.1 Å². The Morgan fingerprint density at radius 2 is 1.94 bits per heavy atom. The first-order valence-electron chi connectivity index (χ1n) is 5.67. The van der Waals surface area contributed by atoms with Crippen LogP contribution in [0.3, 0.4) is 0 Å². The summed E-state index contributed by atoms with van der Waals surface area (Å²) in [5.74, 6) is 0. The average Bonchev–Trinajstić information content (AvgIpc) is 2.35. The number of likely N-dealkylation sites (N-methyl/N-ethyl adjacent to an activating group) is 1. The van der Waals surface area contributed by atoms with Crippen LogP contribution in [0.1, 0.15) is 25.0 Å². The monoisotopic (exact) mass is 223 g/mol. The molecule has 0 aliphatic carbocycles. The summed E-state index contributed by atoms with van der Waals surface area (Å²) < 4.78 is 5.03. The van der Waals surface area contributed by atoms with Gasteiger partial charge in [0.05, 0.1) is 12.7 Å². The molecule has 1 rings (SSSR count). The first kappa shape index (κ1) is 13.0. The molecule has 0 saturated carbocycles. The molecule has 1 aromatic rings. The third kappa shape index (κ3) is 3.51. The number of hydrogen-bond donors (Lipinski definition) is 1. The molecule has 0 spiro atoms. The van der Waals surface area contributed by atoms with Crippen LogP contribution < -0.4 is 4.90 Å². The zero-order chi connectivity index (χ0) is 12.0. The molecule has 0 unspecified atom stereocenters. The van der Waals surface area contributed by atoms with E-state index in [4.69, 9.17) is 4.74 Å². The van der Waals surface area contributed by atoms with Gasteiger partial charge in [0.15, 0.2) is 0 Å². The van der Waals surface area contributed by atoms with Gasteiger partial charge in [0, 0.05) is 26.4 Å². The summed E-state index contributed by atoms with van der Waals surface area (Å²) in [7, 11) is 3.73. The number of anilines is 1. The summed E-state index contributed by atoms with van der Waals surface area (Å²) in [6.45, 7) is 3.56. The Bertz CT molecular complexity index is 297. The van der Waals surface area contributed by atoms with E-state index in [2.05, 4.69) is 4.90 Å². The number of methoxy groups -OCH3 is 1. The maximum absolute atomic E-state index is 9.67. The van der Waals surface area contributed by atoms with Crippen molar-refractivity contribution in [3.05, 3.63) is 29.8 Å². The van der Waals surface area contributed by atoms with Crippen molar-refractivity contribution in [3.63, 3.8) is 0 Å². The molecule has 0 aromatic heterocycles. The zero-order valence-corrected chi connectivity index (χ0v) is 10.3. The molecule has 1 atom stereocenters. The maximum Gasteiger partial charge on any atom is 0.0787 e. The second kappa shape index (κ2) is 6.51. The van der Waals surface area contributed by atoms with E-state index in [1.807, 2.05) is 38.2 Å². The van der Waals surface area contributed by atoms with Crippen molar-refractivity contribution >= 4 is 5.69 Å². The van der Waals surface area contributed by atoms with Crippen LogP contribution in [-0.2, 0) is 4.74 Å². The number of nitrogens with zero attached hydrogens (tertiary/aromatic N) is 1. The van der Waals surface area contributed by atoms with Gasteiger partial charge < -0.3 is 14.7 Å². The van der Waals surface area contributed by atoms with Crippen molar-refractivity contribution < 1.29 is 9.84 Å². The van der Waals surface area contributed by atoms with E-state index in [0.717, 1.165) is 30.8 Å². The highest BCUT2D eigenvalue weighted by atomic mass is 16.5. The molecule has 1 aromatic carbocycles. The van der Waals surface area contributed by atoms with Crippen LogP contribution in [-0.4, -0.2) is 32.4 Å². The molecule has 3 nitrogen and oxygen atoms in total. The lowest BCUT2D eigenvalue weighted by Gasteiger charge is -2.19. The minimum absolute atomic E-state index is 0.349. The summed E-state index contributed by atoms with van der Waals surface area (Å²) in [6.07, 6.45) is 0.400. The topological polar surface area (TPSA) is 32.7 Å². The number of aliphatic hydroxyl groups is 1. The van der Waals surface area contributed by atoms with Crippen LogP contribution in [0.15, 0.2) is 24.3 Å². The van der Waals surface area contributed by atoms with Crippen LogP contribution >= 0.6 is 0 Å². The number of rotatable bonds is 6. The van der Waals surface area contributed by atoms with Crippen LogP contribution in [0.5, 0.6) is 0 Å². The summed E-state index contributed by atoms with van der Waals surface area (Å²) in [5, 5.41) is 9.67.